The first-order valence-electron chi connectivity index (χ1n) is 13.0. The molecule has 3 atom stereocenters. The van der Waals surface area contributed by atoms with Crippen molar-refractivity contribution in [2.45, 2.75) is 58.6 Å². The van der Waals surface area contributed by atoms with Crippen molar-refractivity contribution in [1.82, 2.24) is 10.2 Å². The van der Waals surface area contributed by atoms with Gasteiger partial charge in [0.15, 0.2) is 0 Å². The number of aliphatic hydroxyl groups excluding tert-OH is 1. The summed E-state index contributed by atoms with van der Waals surface area (Å²) < 4.78 is 5.35. The highest BCUT2D eigenvalue weighted by molar-refractivity contribution is 5.80. The van der Waals surface area contributed by atoms with Crippen molar-refractivity contribution in [3.05, 3.63) is 65.7 Å². The van der Waals surface area contributed by atoms with Gasteiger partial charge < -0.3 is 25.8 Å². The molecule has 0 saturated heterocycles. The zero-order valence-corrected chi connectivity index (χ0v) is 22.0. The molecule has 1 unspecified atom stereocenters. The fourth-order valence-electron chi connectivity index (χ4n) is 4.64. The van der Waals surface area contributed by atoms with Crippen LogP contribution in [0.5, 0.6) is 5.75 Å². The normalized spacial score (nSPS) is 13.6. The van der Waals surface area contributed by atoms with Gasteiger partial charge in [0.1, 0.15) is 5.75 Å². The average molecular weight is 498 g/mol. The largest absolute Gasteiger partial charge is 0.497 e. The second-order valence-electron chi connectivity index (χ2n) is 9.33. The number of primary amides is 1. The molecule has 2 amide bonds. The molecule has 2 aromatic carbocycles. The Hall–Kier alpha value is -2.90. The maximum Gasteiger partial charge on any atom is 0.222 e. The number of nitrogens with two attached hydrogens (primary N) is 1. The lowest BCUT2D eigenvalue weighted by atomic mass is 9.79. The van der Waals surface area contributed by atoms with E-state index >= 15 is 0 Å². The first-order chi connectivity index (χ1) is 17.4. The lowest BCUT2D eigenvalue weighted by molar-refractivity contribution is -0.132. The Balaban J connectivity index is 2.17. The van der Waals surface area contributed by atoms with Crippen molar-refractivity contribution in [2.75, 3.05) is 26.7 Å². The summed E-state index contributed by atoms with van der Waals surface area (Å²) in [6.07, 6.45) is 1.93. The molecule has 0 aliphatic carbocycles. The van der Waals surface area contributed by atoms with Gasteiger partial charge in [-0.1, -0.05) is 56.3 Å². The van der Waals surface area contributed by atoms with E-state index in [2.05, 4.69) is 5.32 Å². The minimum Gasteiger partial charge on any atom is -0.497 e. The summed E-state index contributed by atoms with van der Waals surface area (Å²) in [5.41, 5.74) is 7.92. The number of benzene rings is 2. The van der Waals surface area contributed by atoms with Gasteiger partial charge in [0.2, 0.25) is 11.8 Å². The topological polar surface area (TPSA) is 105 Å². The second-order valence-corrected chi connectivity index (χ2v) is 9.33. The fraction of sp³-hybridized carbons (Fsp3) is 0.517. The summed E-state index contributed by atoms with van der Waals surface area (Å²) in [5, 5.41) is 14.5. The number of nitrogens with one attached hydrogen (secondary N) is 1. The summed E-state index contributed by atoms with van der Waals surface area (Å²) in [6, 6.07) is 17.5. The highest BCUT2D eigenvalue weighted by Gasteiger charge is 2.33. The predicted octanol–water partition coefficient (Wildman–Crippen LogP) is 3.53. The summed E-state index contributed by atoms with van der Waals surface area (Å²) >= 11 is 0. The summed E-state index contributed by atoms with van der Waals surface area (Å²) in [4.78, 5) is 27.4. The van der Waals surface area contributed by atoms with Crippen molar-refractivity contribution >= 4 is 11.8 Å². The maximum atomic E-state index is 12.9. The number of carbonyl (C=O) groups is 2. The van der Waals surface area contributed by atoms with Crippen molar-refractivity contribution in [3.8, 4) is 5.75 Å². The Kier molecular flexibility index (Phi) is 13.0. The van der Waals surface area contributed by atoms with Crippen LogP contribution in [-0.4, -0.2) is 54.7 Å². The zero-order valence-electron chi connectivity index (χ0n) is 22.0. The molecule has 0 aliphatic rings. The fourth-order valence-corrected chi connectivity index (χ4v) is 4.64. The van der Waals surface area contributed by atoms with E-state index in [-0.39, 0.29) is 12.3 Å². The van der Waals surface area contributed by atoms with Crippen molar-refractivity contribution in [3.63, 3.8) is 0 Å². The van der Waals surface area contributed by atoms with Gasteiger partial charge in [-0.3, -0.25) is 9.59 Å². The number of carbonyl (C=O) groups excluding carboxylic acids is 2. The van der Waals surface area contributed by atoms with Crippen LogP contribution in [0.4, 0.5) is 0 Å². The molecule has 0 aliphatic heterocycles. The minimum absolute atomic E-state index is 0.0294. The molecule has 7 nitrogen and oxygen atoms in total. The number of aliphatic hydroxyl groups is 1. The van der Waals surface area contributed by atoms with E-state index in [0.717, 1.165) is 24.0 Å². The van der Waals surface area contributed by atoms with Crippen LogP contribution in [0.2, 0.25) is 0 Å². The number of hydrogen-bond donors (Lipinski definition) is 3. The lowest BCUT2D eigenvalue weighted by Gasteiger charge is -2.30. The predicted molar refractivity (Wildman–Crippen MR) is 143 cm³/mol. The van der Waals surface area contributed by atoms with Crippen LogP contribution in [0.3, 0.4) is 0 Å². The third-order valence-electron chi connectivity index (χ3n) is 6.52. The molecule has 0 saturated carbocycles. The smallest absolute Gasteiger partial charge is 0.222 e. The van der Waals surface area contributed by atoms with Crippen molar-refractivity contribution < 1.29 is 19.4 Å². The first-order valence-corrected chi connectivity index (χ1v) is 13.0. The molecule has 4 N–H and O–H groups in total. The molecule has 36 heavy (non-hydrogen) atoms. The Morgan fingerprint density at radius 1 is 1.03 bits per heavy atom. The first kappa shape index (κ1) is 29.3. The van der Waals surface area contributed by atoms with Gasteiger partial charge in [-0.25, -0.2) is 0 Å². The van der Waals surface area contributed by atoms with Gasteiger partial charge in [0.05, 0.1) is 13.2 Å². The molecular formula is C29H43N3O4. The van der Waals surface area contributed by atoms with Gasteiger partial charge in [0, 0.05) is 44.4 Å². The third-order valence-corrected chi connectivity index (χ3v) is 6.52. The highest BCUT2D eigenvalue weighted by Crippen LogP contribution is 2.27. The van der Waals surface area contributed by atoms with E-state index in [0.29, 0.717) is 44.8 Å². The van der Waals surface area contributed by atoms with Gasteiger partial charge >= 0.3 is 0 Å². The quantitative estimate of drug-likeness (QED) is 0.310. The molecule has 0 spiro atoms. The molecule has 0 heterocycles. The lowest BCUT2D eigenvalue weighted by Crippen LogP contribution is -2.43. The maximum absolute atomic E-state index is 12.9. The van der Waals surface area contributed by atoms with Crippen LogP contribution in [0, 0.1) is 11.8 Å². The van der Waals surface area contributed by atoms with Gasteiger partial charge in [0.25, 0.3) is 0 Å². The standard InChI is InChI=1S/C29H43N3O4/c1-4-16-32(17-5-2)28(34)15-14-25(29(30)35)26(19-23-12-9-13-24(18-23)36-3)27(33)21-31-20-22-10-7-6-8-11-22/h6-13,18,25-27,31,33H,4-5,14-17,19-21H2,1-3H3,(H2,30,35)/t25?,26-,27-/m0/s1. The van der Waals surface area contributed by atoms with Crippen LogP contribution >= 0.6 is 0 Å². The Labute approximate surface area is 216 Å². The van der Waals surface area contributed by atoms with Gasteiger partial charge in [-0.2, -0.15) is 0 Å². The monoisotopic (exact) mass is 497 g/mol. The number of hydrogen-bond acceptors (Lipinski definition) is 5. The van der Waals surface area contributed by atoms with E-state index < -0.39 is 23.8 Å². The van der Waals surface area contributed by atoms with Crippen LogP contribution < -0.4 is 15.8 Å². The van der Waals surface area contributed by atoms with Crippen LogP contribution in [0.1, 0.15) is 50.7 Å². The number of nitrogens with zero attached hydrogens (tertiary/aromatic N) is 1. The third kappa shape index (κ3) is 9.63. The van der Waals surface area contributed by atoms with Gasteiger partial charge in [-0.05, 0) is 48.9 Å². The number of ether oxygens (including phenoxy) is 1. The molecule has 2 rings (SSSR count). The molecular weight excluding hydrogens is 454 g/mol. The van der Waals surface area contributed by atoms with E-state index in [4.69, 9.17) is 10.5 Å². The Morgan fingerprint density at radius 3 is 2.31 bits per heavy atom. The summed E-state index contributed by atoms with van der Waals surface area (Å²) in [5.74, 6) is -0.837. The van der Waals surface area contributed by atoms with Crippen LogP contribution in [0.25, 0.3) is 0 Å². The molecule has 7 heteroatoms. The second kappa shape index (κ2) is 16.0. The molecule has 0 radical (unpaired) electrons. The minimum atomic E-state index is -0.824. The highest BCUT2D eigenvalue weighted by atomic mass is 16.5. The summed E-state index contributed by atoms with van der Waals surface area (Å²) in [6.45, 7) is 6.40. The Morgan fingerprint density at radius 2 is 1.69 bits per heavy atom. The van der Waals surface area contributed by atoms with Crippen LogP contribution in [-0.2, 0) is 22.6 Å². The van der Waals surface area contributed by atoms with Crippen LogP contribution in [0.15, 0.2) is 54.6 Å². The molecule has 0 fully saturated rings. The molecule has 2 aromatic rings. The SMILES string of the molecule is CCCN(CCC)C(=O)CCC(C(N)=O)[C@H](Cc1cccc(OC)c1)[C@@H](O)CNCc1ccccc1. The molecule has 198 valence electrons. The van der Waals surface area contributed by atoms with E-state index in [9.17, 15) is 14.7 Å². The average Bonchev–Trinajstić information content (AvgIpc) is 2.88. The summed E-state index contributed by atoms with van der Waals surface area (Å²) in [7, 11) is 1.61. The van der Waals surface area contributed by atoms with E-state index in [1.165, 1.54) is 0 Å². The Bertz CT molecular complexity index is 916. The van der Waals surface area contributed by atoms with Gasteiger partial charge in [-0.15, -0.1) is 0 Å². The number of rotatable bonds is 17. The number of methoxy groups -OCH3 is 1. The van der Waals surface area contributed by atoms with Crippen molar-refractivity contribution in [1.29, 1.82) is 0 Å². The molecule has 0 bridgehead atoms. The zero-order chi connectivity index (χ0) is 26.3. The van der Waals surface area contributed by atoms with E-state index in [1.807, 2.05) is 73.3 Å². The van der Waals surface area contributed by atoms with Crippen molar-refractivity contribution in [2.24, 2.45) is 17.6 Å². The molecule has 0 aromatic heterocycles. The number of amides is 2. The van der Waals surface area contributed by atoms with E-state index in [1.54, 1.807) is 7.11 Å².